The van der Waals surface area contributed by atoms with Crippen LogP contribution in [0.3, 0.4) is 0 Å². The molecular weight excluding hydrogens is 654 g/mol. The SMILES string of the molecule is CC(=O)Oc1ccc(Cl)cc1CC(Cl)CC(F)(F)C(F)(F)C(F)(F)C(F)(F)C(F)(F)C(F)(F)C(F)(F)C(F)(F)F. The lowest BCUT2D eigenvalue weighted by molar-refractivity contribution is -0.461. The van der Waals surface area contributed by atoms with Crippen LogP contribution in [0.1, 0.15) is 18.9 Å². The zero-order chi connectivity index (χ0) is 32.1. The second-order valence-electron chi connectivity index (χ2n) is 8.00. The highest BCUT2D eigenvalue weighted by atomic mass is 35.5. The Labute approximate surface area is 221 Å². The van der Waals surface area contributed by atoms with Crippen LogP contribution in [0.25, 0.3) is 0 Å². The lowest BCUT2D eigenvalue weighted by Gasteiger charge is -2.43. The Morgan fingerprint density at radius 3 is 1.52 bits per heavy atom. The average molecular weight is 665 g/mol. The second kappa shape index (κ2) is 10.7. The van der Waals surface area contributed by atoms with Gasteiger partial charge in [0.1, 0.15) is 5.75 Å². The predicted molar refractivity (Wildman–Crippen MR) is 101 cm³/mol. The first kappa shape index (κ1) is 36.1. The third-order valence-electron chi connectivity index (χ3n) is 4.98. The number of carbonyl (C=O) groups excluding carboxylic acids is 1. The first-order valence-electron chi connectivity index (χ1n) is 9.74. The van der Waals surface area contributed by atoms with Gasteiger partial charge in [-0.2, -0.15) is 74.6 Å². The summed E-state index contributed by atoms with van der Waals surface area (Å²) >= 11 is 11.0. The summed E-state index contributed by atoms with van der Waals surface area (Å²) in [4.78, 5) is 11.1. The van der Waals surface area contributed by atoms with Crippen molar-refractivity contribution in [1.82, 2.24) is 0 Å². The Kier molecular flexibility index (Phi) is 9.68. The maximum Gasteiger partial charge on any atom is 0.460 e. The largest absolute Gasteiger partial charge is 0.460 e. The normalized spacial score (nSPS) is 15.7. The van der Waals surface area contributed by atoms with Crippen LogP contribution >= 0.6 is 23.2 Å². The number of rotatable bonds is 11. The van der Waals surface area contributed by atoms with Crippen molar-refractivity contribution in [2.45, 2.75) is 72.8 Å². The molecular formula is C19H11Cl2F17O2. The van der Waals surface area contributed by atoms with Crippen molar-refractivity contribution in [2.75, 3.05) is 0 Å². The molecule has 0 aliphatic carbocycles. The maximum absolute atomic E-state index is 14.2. The Morgan fingerprint density at radius 1 is 0.725 bits per heavy atom. The summed E-state index contributed by atoms with van der Waals surface area (Å²) in [5.74, 6) is -58.6. The molecule has 0 amide bonds. The first-order chi connectivity index (χ1) is 17.4. The molecule has 1 aromatic rings. The van der Waals surface area contributed by atoms with E-state index in [4.69, 9.17) is 23.2 Å². The van der Waals surface area contributed by atoms with Gasteiger partial charge in [0.15, 0.2) is 0 Å². The molecule has 21 heteroatoms. The van der Waals surface area contributed by atoms with E-state index in [-0.39, 0.29) is 5.02 Å². The zero-order valence-electron chi connectivity index (χ0n) is 18.7. The van der Waals surface area contributed by atoms with Crippen LogP contribution in [0.2, 0.25) is 5.02 Å². The number of halogens is 19. The molecule has 0 aliphatic rings. The molecule has 1 atom stereocenters. The van der Waals surface area contributed by atoms with Gasteiger partial charge in [-0.05, 0) is 30.2 Å². The maximum atomic E-state index is 14.2. The van der Waals surface area contributed by atoms with Crippen molar-refractivity contribution in [3.63, 3.8) is 0 Å². The van der Waals surface area contributed by atoms with Gasteiger partial charge in [0.25, 0.3) is 0 Å². The third kappa shape index (κ3) is 5.86. The van der Waals surface area contributed by atoms with Gasteiger partial charge in [-0.25, -0.2) is 0 Å². The quantitative estimate of drug-likeness (QED) is 0.102. The van der Waals surface area contributed by atoms with Crippen molar-refractivity contribution in [1.29, 1.82) is 0 Å². The smallest absolute Gasteiger partial charge is 0.426 e. The summed E-state index contributed by atoms with van der Waals surface area (Å²) < 4.78 is 232. The van der Waals surface area contributed by atoms with Crippen LogP contribution in [0, 0.1) is 0 Å². The molecule has 0 radical (unpaired) electrons. The predicted octanol–water partition coefficient (Wildman–Crippen LogP) is 8.81. The van der Waals surface area contributed by atoms with Gasteiger partial charge in [0, 0.05) is 23.7 Å². The Hall–Kier alpha value is -1.92. The van der Waals surface area contributed by atoms with E-state index in [1.165, 1.54) is 0 Å². The van der Waals surface area contributed by atoms with Gasteiger partial charge in [0.05, 0.1) is 0 Å². The number of ether oxygens (including phenoxy) is 1. The fourth-order valence-electron chi connectivity index (χ4n) is 2.88. The molecule has 232 valence electrons. The molecule has 0 aromatic heterocycles. The van der Waals surface area contributed by atoms with Gasteiger partial charge < -0.3 is 4.74 Å². The number of benzene rings is 1. The molecule has 0 bridgehead atoms. The molecule has 1 unspecified atom stereocenters. The second-order valence-corrected chi connectivity index (χ2v) is 9.05. The van der Waals surface area contributed by atoms with E-state index in [1.807, 2.05) is 0 Å². The lowest BCUT2D eigenvalue weighted by Crippen LogP contribution is -2.74. The molecule has 0 heterocycles. The van der Waals surface area contributed by atoms with Crippen molar-refractivity contribution < 1.29 is 84.2 Å². The highest BCUT2D eigenvalue weighted by Gasteiger charge is 2.95. The first-order valence-corrected chi connectivity index (χ1v) is 10.6. The van der Waals surface area contributed by atoms with Gasteiger partial charge in [-0.3, -0.25) is 4.79 Å². The molecule has 0 fully saturated rings. The molecule has 0 saturated heterocycles. The van der Waals surface area contributed by atoms with E-state index in [0.29, 0.717) is 0 Å². The van der Waals surface area contributed by atoms with Crippen LogP contribution in [-0.4, -0.2) is 59.0 Å². The topological polar surface area (TPSA) is 26.3 Å². The number of esters is 1. The van der Waals surface area contributed by atoms with E-state index in [9.17, 15) is 79.4 Å². The van der Waals surface area contributed by atoms with Crippen molar-refractivity contribution in [2.24, 2.45) is 0 Å². The Morgan fingerprint density at radius 2 is 1.12 bits per heavy atom. The molecule has 40 heavy (non-hydrogen) atoms. The van der Waals surface area contributed by atoms with Crippen LogP contribution in [0.5, 0.6) is 5.75 Å². The summed E-state index contributed by atoms with van der Waals surface area (Å²) in [5, 5.41) is -2.80. The monoisotopic (exact) mass is 664 g/mol. The molecule has 2 nitrogen and oxygen atoms in total. The standard InChI is InChI=1S/C19H11Cl2F17O2/c1-7(39)40-11-3-2-9(20)4-8(11)5-10(21)6-12(22,23)13(24,25)14(26,27)15(28,29)16(30,31)17(32,33)18(34,35)19(36,37)38/h2-4,10H,5-6H2,1H3. The van der Waals surface area contributed by atoms with E-state index < -0.39 is 83.1 Å². The average Bonchev–Trinajstić information content (AvgIpc) is 2.73. The number of hydrogen-bond donors (Lipinski definition) is 0. The fraction of sp³-hybridized carbons (Fsp3) is 0.632. The molecule has 1 rings (SSSR count). The van der Waals surface area contributed by atoms with Gasteiger partial charge >= 0.3 is 53.6 Å². The summed E-state index contributed by atoms with van der Waals surface area (Å²) in [6.07, 6.45) is -11.8. The summed E-state index contributed by atoms with van der Waals surface area (Å²) in [5.41, 5.74) is -0.459. The van der Waals surface area contributed by atoms with Crippen LogP contribution in [-0.2, 0) is 11.2 Å². The summed E-state index contributed by atoms with van der Waals surface area (Å²) in [7, 11) is 0. The van der Waals surface area contributed by atoms with Crippen molar-refractivity contribution >= 4 is 29.2 Å². The highest BCUT2D eigenvalue weighted by Crippen LogP contribution is 2.64. The van der Waals surface area contributed by atoms with E-state index in [1.54, 1.807) is 0 Å². The Bertz CT molecular complexity index is 1080. The van der Waals surface area contributed by atoms with Crippen LogP contribution in [0.15, 0.2) is 18.2 Å². The van der Waals surface area contributed by atoms with E-state index in [0.717, 1.165) is 25.1 Å². The van der Waals surface area contributed by atoms with Crippen LogP contribution < -0.4 is 4.74 Å². The Balaban J connectivity index is 3.47. The molecule has 1 aromatic carbocycles. The fourth-order valence-corrected chi connectivity index (χ4v) is 3.43. The molecule has 0 saturated carbocycles. The van der Waals surface area contributed by atoms with Crippen molar-refractivity contribution in [3.8, 4) is 5.75 Å². The minimum atomic E-state index is -8.71. The molecule has 0 aliphatic heterocycles. The van der Waals surface area contributed by atoms with Crippen molar-refractivity contribution in [3.05, 3.63) is 28.8 Å². The van der Waals surface area contributed by atoms with Gasteiger partial charge in [-0.15, -0.1) is 11.6 Å². The van der Waals surface area contributed by atoms with Crippen LogP contribution in [0.4, 0.5) is 74.6 Å². The number of hydrogen-bond acceptors (Lipinski definition) is 2. The lowest BCUT2D eigenvalue weighted by atomic mass is 9.87. The van der Waals surface area contributed by atoms with Gasteiger partial charge in [0.2, 0.25) is 0 Å². The number of alkyl halides is 18. The van der Waals surface area contributed by atoms with E-state index >= 15 is 0 Å². The van der Waals surface area contributed by atoms with E-state index in [2.05, 4.69) is 4.74 Å². The minimum Gasteiger partial charge on any atom is -0.426 e. The minimum absolute atomic E-state index is 0.239. The van der Waals surface area contributed by atoms with Gasteiger partial charge in [-0.1, -0.05) is 11.6 Å². The third-order valence-corrected chi connectivity index (χ3v) is 5.53. The summed E-state index contributed by atoms with van der Waals surface area (Å²) in [6, 6.07) is 2.76. The highest BCUT2D eigenvalue weighted by molar-refractivity contribution is 6.30. The number of carbonyl (C=O) groups is 1. The molecule has 0 N–H and O–H groups in total. The summed E-state index contributed by atoms with van der Waals surface area (Å²) in [6.45, 7) is 0.817. The zero-order valence-corrected chi connectivity index (χ0v) is 20.2. The molecule has 0 spiro atoms.